The van der Waals surface area contributed by atoms with E-state index in [0.717, 1.165) is 17.7 Å². The number of H-pyrrole nitrogens is 1. The molecule has 108 valence electrons. The number of alkyl halides is 3. The number of nitrogens with zero attached hydrogens (tertiary/aromatic N) is 2. The van der Waals surface area contributed by atoms with E-state index in [2.05, 4.69) is 9.97 Å². The zero-order valence-electron chi connectivity index (χ0n) is 10.7. The van der Waals surface area contributed by atoms with Crippen LogP contribution in [0, 0.1) is 4.77 Å². The minimum absolute atomic E-state index is 0.379. The van der Waals surface area contributed by atoms with E-state index >= 15 is 0 Å². The third-order valence-electron chi connectivity index (χ3n) is 3.19. The summed E-state index contributed by atoms with van der Waals surface area (Å²) in [5, 5.41) is 0. The van der Waals surface area contributed by atoms with Crippen LogP contribution in [0.25, 0.3) is 11.0 Å². The van der Waals surface area contributed by atoms with Crippen LogP contribution in [-0.4, -0.2) is 14.5 Å². The van der Waals surface area contributed by atoms with Crippen LogP contribution in [0.4, 0.5) is 13.2 Å². The van der Waals surface area contributed by atoms with E-state index in [1.54, 1.807) is 17.0 Å². The summed E-state index contributed by atoms with van der Waals surface area (Å²) in [6.45, 7) is 0.479. The standard InChI is InChI=1S/C14H10F3N3S/c15-14(16,17)10-1-2-12-11(7-10)19-13(21)20(12)8-9-3-5-18-6-4-9/h1-7H,8H2,(H,19,21). The first-order valence-electron chi connectivity index (χ1n) is 6.14. The Kier molecular flexibility index (Phi) is 3.29. The van der Waals surface area contributed by atoms with Gasteiger partial charge in [0.2, 0.25) is 0 Å². The first-order valence-corrected chi connectivity index (χ1v) is 6.54. The molecule has 3 aromatic rings. The number of aromatic nitrogens is 3. The molecule has 21 heavy (non-hydrogen) atoms. The number of halogens is 3. The second kappa shape index (κ2) is 5.00. The third-order valence-corrected chi connectivity index (χ3v) is 3.51. The highest BCUT2D eigenvalue weighted by Gasteiger charge is 2.30. The monoisotopic (exact) mass is 309 g/mol. The summed E-state index contributed by atoms with van der Waals surface area (Å²) in [7, 11) is 0. The lowest BCUT2D eigenvalue weighted by Gasteiger charge is -2.07. The van der Waals surface area contributed by atoms with E-state index in [0.29, 0.717) is 22.3 Å². The minimum Gasteiger partial charge on any atom is -0.331 e. The number of benzene rings is 1. The maximum absolute atomic E-state index is 12.7. The average molecular weight is 309 g/mol. The summed E-state index contributed by atoms with van der Waals surface area (Å²) >= 11 is 5.20. The van der Waals surface area contributed by atoms with E-state index in [1.807, 2.05) is 12.1 Å². The number of hydrogen-bond acceptors (Lipinski definition) is 2. The summed E-state index contributed by atoms with van der Waals surface area (Å²) in [5.41, 5.74) is 1.30. The van der Waals surface area contributed by atoms with Gasteiger partial charge in [-0.1, -0.05) is 0 Å². The van der Waals surface area contributed by atoms with Crippen LogP contribution < -0.4 is 0 Å². The van der Waals surface area contributed by atoms with Gasteiger partial charge in [0.15, 0.2) is 4.77 Å². The van der Waals surface area contributed by atoms with Crippen LogP contribution >= 0.6 is 12.2 Å². The predicted molar refractivity (Wildman–Crippen MR) is 75.5 cm³/mol. The molecule has 0 aliphatic carbocycles. The highest BCUT2D eigenvalue weighted by Crippen LogP contribution is 2.31. The molecule has 0 unspecified atom stereocenters. The van der Waals surface area contributed by atoms with Crippen LogP contribution in [0.15, 0.2) is 42.7 Å². The topological polar surface area (TPSA) is 33.6 Å². The predicted octanol–water partition coefficient (Wildman–Crippen LogP) is 4.16. The Morgan fingerprint density at radius 3 is 2.52 bits per heavy atom. The molecule has 0 spiro atoms. The van der Waals surface area contributed by atoms with Crippen LogP contribution in [0.1, 0.15) is 11.1 Å². The summed E-state index contributed by atoms with van der Waals surface area (Å²) in [6, 6.07) is 7.25. The summed E-state index contributed by atoms with van der Waals surface area (Å²) < 4.78 is 40.3. The molecule has 1 N–H and O–H groups in total. The minimum atomic E-state index is -4.36. The number of aromatic amines is 1. The van der Waals surface area contributed by atoms with Crippen LogP contribution in [0.2, 0.25) is 0 Å². The van der Waals surface area contributed by atoms with Gasteiger partial charge in [-0.05, 0) is 48.1 Å². The van der Waals surface area contributed by atoms with Gasteiger partial charge in [-0.3, -0.25) is 4.98 Å². The van der Waals surface area contributed by atoms with Gasteiger partial charge < -0.3 is 9.55 Å². The lowest BCUT2D eigenvalue weighted by atomic mass is 10.2. The first-order chi connectivity index (χ1) is 9.95. The highest BCUT2D eigenvalue weighted by atomic mass is 32.1. The fourth-order valence-electron chi connectivity index (χ4n) is 2.17. The zero-order chi connectivity index (χ0) is 15.0. The molecular formula is C14H10F3N3S. The quantitative estimate of drug-likeness (QED) is 0.721. The van der Waals surface area contributed by atoms with Gasteiger partial charge in [-0.15, -0.1) is 0 Å². The van der Waals surface area contributed by atoms with Crippen molar-refractivity contribution in [2.45, 2.75) is 12.7 Å². The maximum Gasteiger partial charge on any atom is 0.416 e. The van der Waals surface area contributed by atoms with Gasteiger partial charge in [-0.25, -0.2) is 0 Å². The van der Waals surface area contributed by atoms with E-state index < -0.39 is 11.7 Å². The molecule has 0 amide bonds. The Balaban J connectivity index is 2.08. The fraction of sp³-hybridized carbons (Fsp3) is 0.143. The van der Waals surface area contributed by atoms with Gasteiger partial charge in [0.25, 0.3) is 0 Å². The van der Waals surface area contributed by atoms with Crippen molar-refractivity contribution in [3.63, 3.8) is 0 Å². The Hall–Kier alpha value is -2.15. The normalized spacial score (nSPS) is 12.0. The number of hydrogen-bond donors (Lipinski definition) is 1. The van der Waals surface area contributed by atoms with Gasteiger partial charge in [-0.2, -0.15) is 13.2 Å². The van der Waals surface area contributed by atoms with Crippen molar-refractivity contribution >= 4 is 23.3 Å². The molecule has 7 heteroatoms. The molecule has 3 nitrogen and oxygen atoms in total. The molecule has 0 saturated carbocycles. The fourth-order valence-corrected chi connectivity index (χ4v) is 2.44. The SMILES string of the molecule is FC(F)(F)c1ccc2c(c1)[nH]c(=S)n2Cc1ccncc1. The van der Waals surface area contributed by atoms with E-state index in [-0.39, 0.29) is 0 Å². The third kappa shape index (κ3) is 2.69. The molecule has 2 aromatic heterocycles. The molecule has 0 saturated heterocycles. The van der Waals surface area contributed by atoms with Crippen molar-refractivity contribution in [3.8, 4) is 0 Å². The molecule has 2 heterocycles. The van der Waals surface area contributed by atoms with Gasteiger partial charge in [0.05, 0.1) is 23.1 Å². The van der Waals surface area contributed by atoms with Crippen LogP contribution in [-0.2, 0) is 12.7 Å². The molecular weight excluding hydrogens is 299 g/mol. The number of rotatable bonds is 2. The highest BCUT2D eigenvalue weighted by molar-refractivity contribution is 7.71. The second-order valence-corrected chi connectivity index (χ2v) is 4.99. The molecule has 3 rings (SSSR count). The van der Waals surface area contributed by atoms with Crippen molar-refractivity contribution in [1.29, 1.82) is 0 Å². The zero-order valence-corrected chi connectivity index (χ0v) is 11.5. The molecule has 1 aromatic carbocycles. The lowest BCUT2D eigenvalue weighted by Crippen LogP contribution is -2.04. The summed E-state index contributed by atoms with van der Waals surface area (Å²) in [6.07, 6.45) is -1.04. The van der Waals surface area contributed by atoms with Gasteiger partial charge in [0.1, 0.15) is 0 Å². The number of imidazole rings is 1. The van der Waals surface area contributed by atoms with Crippen LogP contribution in [0.5, 0.6) is 0 Å². The van der Waals surface area contributed by atoms with Crippen molar-refractivity contribution < 1.29 is 13.2 Å². The van der Waals surface area contributed by atoms with E-state index in [9.17, 15) is 13.2 Å². The second-order valence-electron chi connectivity index (χ2n) is 4.60. The van der Waals surface area contributed by atoms with Crippen molar-refractivity contribution in [1.82, 2.24) is 14.5 Å². The van der Waals surface area contributed by atoms with E-state index in [4.69, 9.17) is 12.2 Å². The Morgan fingerprint density at radius 1 is 1.14 bits per heavy atom. The van der Waals surface area contributed by atoms with Gasteiger partial charge >= 0.3 is 6.18 Å². The summed E-state index contributed by atoms with van der Waals surface area (Å²) in [4.78, 5) is 6.75. The molecule has 0 bridgehead atoms. The van der Waals surface area contributed by atoms with Crippen LogP contribution in [0.3, 0.4) is 0 Å². The summed E-state index contributed by atoms with van der Waals surface area (Å²) in [5.74, 6) is 0. The number of nitrogens with one attached hydrogen (secondary N) is 1. The first kappa shape index (κ1) is 13.8. The lowest BCUT2D eigenvalue weighted by molar-refractivity contribution is -0.137. The average Bonchev–Trinajstić information content (AvgIpc) is 2.75. The van der Waals surface area contributed by atoms with E-state index in [1.165, 1.54) is 6.07 Å². The largest absolute Gasteiger partial charge is 0.416 e. The Bertz CT molecular complexity index is 834. The molecule has 0 radical (unpaired) electrons. The molecule has 0 aliphatic rings. The Morgan fingerprint density at radius 2 is 1.86 bits per heavy atom. The smallest absolute Gasteiger partial charge is 0.331 e. The molecule has 0 atom stereocenters. The van der Waals surface area contributed by atoms with Crippen molar-refractivity contribution in [3.05, 3.63) is 58.6 Å². The Labute approximate surface area is 123 Å². The van der Waals surface area contributed by atoms with Crippen molar-refractivity contribution in [2.75, 3.05) is 0 Å². The number of pyridine rings is 1. The van der Waals surface area contributed by atoms with Gasteiger partial charge in [0, 0.05) is 12.4 Å². The van der Waals surface area contributed by atoms with Crippen molar-refractivity contribution in [2.24, 2.45) is 0 Å². The maximum atomic E-state index is 12.7. The number of fused-ring (bicyclic) bond motifs is 1. The molecule has 0 aliphatic heterocycles. The molecule has 0 fully saturated rings.